The summed E-state index contributed by atoms with van der Waals surface area (Å²) in [5.74, 6) is 0.0435. The van der Waals surface area contributed by atoms with Crippen molar-refractivity contribution in [2.45, 2.75) is 32.6 Å². The Bertz CT molecular complexity index is 575. The van der Waals surface area contributed by atoms with Crippen molar-refractivity contribution < 1.29 is 5.11 Å². The Kier molecular flexibility index (Phi) is 3.42. The Morgan fingerprint density at radius 2 is 2.24 bits per heavy atom. The Balaban J connectivity index is 2.40. The molecule has 0 spiro atoms. The minimum atomic E-state index is -0.141. The fraction of sp³-hybridized carbons (Fsp3) is 0.385. The van der Waals surface area contributed by atoms with Gasteiger partial charge in [-0.05, 0) is 25.0 Å². The highest BCUT2D eigenvalue weighted by Gasteiger charge is 2.05. The zero-order valence-corrected chi connectivity index (χ0v) is 9.89. The average Bonchev–Trinajstić information content (AvgIpc) is 2.31. The molecule has 2 rings (SSSR count). The molecule has 4 nitrogen and oxygen atoms in total. The van der Waals surface area contributed by atoms with Crippen LogP contribution in [0.5, 0.6) is 5.75 Å². The molecule has 0 saturated carbocycles. The van der Waals surface area contributed by atoms with Crippen LogP contribution >= 0.6 is 0 Å². The topological polar surface area (TPSA) is 54.6 Å². The first kappa shape index (κ1) is 11.6. The lowest BCUT2D eigenvalue weighted by Gasteiger charge is -2.04. The Morgan fingerprint density at radius 1 is 1.41 bits per heavy atom. The maximum absolute atomic E-state index is 11.8. The van der Waals surface area contributed by atoms with E-state index >= 15 is 0 Å². The number of aryl methyl sites for hydroxylation is 1. The molecular weight excluding hydrogens is 216 g/mol. The molecule has 0 unspecified atom stereocenters. The van der Waals surface area contributed by atoms with Crippen LogP contribution in [0.25, 0.3) is 5.65 Å². The molecule has 0 aliphatic heterocycles. The van der Waals surface area contributed by atoms with E-state index in [0.717, 1.165) is 31.4 Å². The fourth-order valence-electron chi connectivity index (χ4n) is 1.84. The largest absolute Gasteiger partial charge is 0.504 e. The number of fused-ring (bicyclic) bond motifs is 1. The molecule has 90 valence electrons. The van der Waals surface area contributed by atoms with E-state index in [-0.39, 0.29) is 11.3 Å². The van der Waals surface area contributed by atoms with E-state index in [1.807, 2.05) is 0 Å². The summed E-state index contributed by atoms with van der Waals surface area (Å²) in [7, 11) is 0. The van der Waals surface area contributed by atoms with Gasteiger partial charge in [-0.15, -0.1) is 0 Å². The number of pyridine rings is 1. The van der Waals surface area contributed by atoms with Crippen molar-refractivity contribution in [3.8, 4) is 5.75 Å². The SMILES string of the molecule is CCCCCc1cc(=O)n2cccc(O)c2n1. The average molecular weight is 232 g/mol. The van der Waals surface area contributed by atoms with Crippen LogP contribution in [-0.2, 0) is 6.42 Å². The maximum atomic E-state index is 11.8. The zero-order chi connectivity index (χ0) is 12.3. The van der Waals surface area contributed by atoms with E-state index in [0.29, 0.717) is 5.65 Å². The van der Waals surface area contributed by atoms with Crippen molar-refractivity contribution in [2.24, 2.45) is 0 Å². The summed E-state index contributed by atoms with van der Waals surface area (Å²) in [4.78, 5) is 16.1. The molecule has 0 saturated heterocycles. The van der Waals surface area contributed by atoms with Gasteiger partial charge >= 0.3 is 0 Å². The molecular formula is C13H16N2O2. The Hall–Kier alpha value is -1.84. The second-order valence-corrected chi connectivity index (χ2v) is 4.13. The molecule has 2 aromatic heterocycles. The predicted molar refractivity (Wildman–Crippen MR) is 66.4 cm³/mol. The normalized spacial score (nSPS) is 10.9. The molecule has 0 aromatic carbocycles. The first-order valence-electron chi connectivity index (χ1n) is 5.92. The van der Waals surface area contributed by atoms with Gasteiger partial charge in [0.15, 0.2) is 11.4 Å². The van der Waals surface area contributed by atoms with Gasteiger partial charge in [0.25, 0.3) is 5.56 Å². The van der Waals surface area contributed by atoms with Crippen LogP contribution in [0.4, 0.5) is 0 Å². The van der Waals surface area contributed by atoms with E-state index < -0.39 is 0 Å². The fourth-order valence-corrected chi connectivity index (χ4v) is 1.84. The van der Waals surface area contributed by atoms with Gasteiger partial charge in [0, 0.05) is 18.0 Å². The Labute approximate surface area is 99.6 Å². The molecule has 0 bridgehead atoms. The van der Waals surface area contributed by atoms with E-state index in [9.17, 15) is 9.90 Å². The summed E-state index contributed by atoms with van der Waals surface area (Å²) >= 11 is 0. The van der Waals surface area contributed by atoms with Crippen LogP contribution in [0.3, 0.4) is 0 Å². The number of aromatic hydroxyl groups is 1. The van der Waals surface area contributed by atoms with E-state index in [4.69, 9.17) is 0 Å². The molecule has 17 heavy (non-hydrogen) atoms. The standard InChI is InChI=1S/C13H16N2O2/c1-2-3-4-6-10-9-12(17)15-8-5-7-11(16)13(15)14-10/h5,7-9,16H,2-4,6H2,1H3. The highest BCUT2D eigenvalue weighted by atomic mass is 16.3. The smallest absolute Gasteiger partial charge is 0.258 e. The Morgan fingerprint density at radius 3 is 3.00 bits per heavy atom. The first-order valence-corrected chi connectivity index (χ1v) is 5.92. The summed E-state index contributed by atoms with van der Waals surface area (Å²) < 4.78 is 1.36. The molecule has 0 atom stereocenters. The first-order chi connectivity index (χ1) is 8.22. The van der Waals surface area contributed by atoms with E-state index in [1.165, 1.54) is 10.5 Å². The molecule has 0 aliphatic carbocycles. The van der Waals surface area contributed by atoms with Crippen molar-refractivity contribution in [3.05, 3.63) is 40.4 Å². The second-order valence-electron chi connectivity index (χ2n) is 4.13. The van der Waals surface area contributed by atoms with Crippen molar-refractivity contribution in [1.29, 1.82) is 0 Å². The summed E-state index contributed by atoms with van der Waals surface area (Å²) in [6, 6.07) is 4.71. The number of hydrogen-bond acceptors (Lipinski definition) is 3. The third-order valence-corrected chi connectivity index (χ3v) is 2.76. The van der Waals surface area contributed by atoms with E-state index in [2.05, 4.69) is 11.9 Å². The number of rotatable bonds is 4. The third-order valence-electron chi connectivity index (χ3n) is 2.76. The van der Waals surface area contributed by atoms with Gasteiger partial charge in [0.05, 0.1) is 0 Å². The van der Waals surface area contributed by atoms with Gasteiger partial charge in [-0.1, -0.05) is 19.8 Å². The summed E-state index contributed by atoms with van der Waals surface area (Å²) in [6.45, 7) is 2.13. The molecule has 4 heteroatoms. The van der Waals surface area contributed by atoms with Gasteiger partial charge in [0.2, 0.25) is 0 Å². The van der Waals surface area contributed by atoms with Crippen molar-refractivity contribution in [2.75, 3.05) is 0 Å². The number of nitrogens with zero attached hydrogens (tertiary/aromatic N) is 2. The van der Waals surface area contributed by atoms with Crippen molar-refractivity contribution in [3.63, 3.8) is 0 Å². The van der Waals surface area contributed by atoms with Gasteiger partial charge in [-0.3, -0.25) is 9.20 Å². The maximum Gasteiger partial charge on any atom is 0.258 e. The molecule has 1 N–H and O–H groups in total. The van der Waals surface area contributed by atoms with Crippen LogP contribution in [-0.4, -0.2) is 14.5 Å². The summed E-state index contributed by atoms with van der Waals surface area (Å²) in [5, 5.41) is 9.67. The predicted octanol–water partition coefficient (Wildman–Crippen LogP) is 2.13. The van der Waals surface area contributed by atoms with Gasteiger partial charge in [-0.25, -0.2) is 4.98 Å². The lowest BCUT2D eigenvalue weighted by molar-refractivity contribution is 0.476. The molecule has 0 fully saturated rings. The molecule has 0 radical (unpaired) electrons. The highest BCUT2D eigenvalue weighted by Crippen LogP contribution is 2.14. The number of aromatic nitrogens is 2. The van der Waals surface area contributed by atoms with Crippen LogP contribution in [0.2, 0.25) is 0 Å². The molecule has 0 amide bonds. The van der Waals surface area contributed by atoms with Crippen LogP contribution in [0, 0.1) is 0 Å². The third kappa shape index (κ3) is 2.46. The monoisotopic (exact) mass is 232 g/mol. The summed E-state index contributed by atoms with van der Waals surface area (Å²) in [6.07, 6.45) is 5.68. The molecule has 2 aromatic rings. The minimum absolute atomic E-state index is 0.0435. The number of hydrogen-bond donors (Lipinski definition) is 1. The van der Waals surface area contributed by atoms with Crippen LogP contribution in [0.1, 0.15) is 31.9 Å². The number of unbranched alkanes of at least 4 members (excludes halogenated alkanes) is 2. The van der Waals surface area contributed by atoms with Gasteiger partial charge in [0.1, 0.15) is 0 Å². The minimum Gasteiger partial charge on any atom is -0.504 e. The molecule has 2 heterocycles. The molecule has 0 aliphatic rings. The van der Waals surface area contributed by atoms with Gasteiger partial charge in [-0.2, -0.15) is 0 Å². The van der Waals surface area contributed by atoms with Crippen molar-refractivity contribution >= 4 is 5.65 Å². The summed E-state index contributed by atoms with van der Waals surface area (Å²) in [5.41, 5.74) is 0.953. The van der Waals surface area contributed by atoms with E-state index in [1.54, 1.807) is 18.3 Å². The van der Waals surface area contributed by atoms with Crippen molar-refractivity contribution in [1.82, 2.24) is 9.38 Å². The highest BCUT2D eigenvalue weighted by molar-refractivity contribution is 5.52. The quantitative estimate of drug-likeness (QED) is 0.821. The van der Waals surface area contributed by atoms with Gasteiger partial charge < -0.3 is 5.11 Å². The zero-order valence-electron chi connectivity index (χ0n) is 9.89. The van der Waals surface area contributed by atoms with Crippen LogP contribution < -0.4 is 5.56 Å². The lowest BCUT2D eigenvalue weighted by atomic mass is 10.1. The lowest BCUT2D eigenvalue weighted by Crippen LogP contribution is -2.15. The second kappa shape index (κ2) is 4.99. The van der Waals surface area contributed by atoms with Crippen LogP contribution in [0.15, 0.2) is 29.2 Å².